The van der Waals surface area contributed by atoms with Gasteiger partial charge in [0.2, 0.25) is 0 Å². The highest BCUT2D eigenvalue weighted by Crippen LogP contribution is 2.07. The van der Waals surface area contributed by atoms with Crippen LogP contribution in [0.2, 0.25) is 0 Å². The Morgan fingerprint density at radius 3 is 2.85 bits per heavy atom. The second kappa shape index (κ2) is 4.06. The van der Waals surface area contributed by atoms with Gasteiger partial charge in [0.1, 0.15) is 6.61 Å². The van der Waals surface area contributed by atoms with Crippen LogP contribution in [0.3, 0.4) is 0 Å². The third-order valence-electron chi connectivity index (χ3n) is 1.71. The van der Waals surface area contributed by atoms with Gasteiger partial charge in [0.15, 0.2) is 9.84 Å². The van der Waals surface area contributed by atoms with Crippen molar-refractivity contribution in [2.24, 2.45) is 10.9 Å². The molecule has 1 aliphatic heterocycles. The lowest BCUT2D eigenvalue weighted by atomic mass is 10.2. The molecule has 1 atom stereocenters. The minimum Gasteiger partial charge on any atom is -0.396 e. The summed E-state index contributed by atoms with van der Waals surface area (Å²) in [7, 11) is -3.02. The van der Waals surface area contributed by atoms with E-state index in [0.717, 1.165) is 6.42 Å². The van der Waals surface area contributed by atoms with Crippen molar-refractivity contribution in [2.45, 2.75) is 19.4 Å². The highest BCUT2D eigenvalue weighted by molar-refractivity contribution is 7.92. The monoisotopic (exact) mass is 206 g/mol. The van der Waals surface area contributed by atoms with Crippen LogP contribution in [0.25, 0.3) is 0 Å². The standard InChI is InChI=1S/C7H14N2O3S/c1-2-3-12-9-7-5-13(10,11)4-6(7)8/h6H,2-5,8H2,1H3. The highest BCUT2D eigenvalue weighted by Gasteiger charge is 2.32. The normalized spacial score (nSPS) is 29.4. The van der Waals surface area contributed by atoms with E-state index in [4.69, 9.17) is 10.6 Å². The molecule has 1 fully saturated rings. The van der Waals surface area contributed by atoms with Gasteiger partial charge in [-0.25, -0.2) is 8.42 Å². The maximum Gasteiger partial charge on any atom is 0.157 e. The molecular formula is C7H14N2O3S. The summed E-state index contributed by atoms with van der Waals surface area (Å²) >= 11 is 0. The Hall–Kier alpha value is -0.620. The lowest BCUT2D eigenvalue weighted by molar-refractivity contribution is 0.144. The van der Waals surface area contributed by atoms with Crippen LogP contribution in [0.15, 0.2) is 5.16 Å². The van der Waals surface area contributed by atoms with Crippen molar-refractivity contribution in [1.29, 1.82) is 0 Å². The topological polar surface area (TPSA) is 81.8 Å². The zero-order valence-corrected chi connectivity index (χ0v) is 8.38. The zero-order chi connectivity index (χ0) is 9.90. The lowest BCUT2D eigenvalue weighted by Gasteiger charge is -2.00. The van der Waals surface area contributed by atoms with Crippen molar-refractivity contribution in [2.75, 3.05) is 18.1 Å². The van der Waals surface area contributed by atoms with Crippen LogP contribution in [0.5, 0.6) is 0 Å². The van der Waals surface area contributed by atoms with Gasteiger partial charge >= 0.3 is 0 Å². The second-order valence-electron chi connectivity index (χ2n) is 3.08. The van der Waals surface area contributed by atoms with Crippen LogP contribution >= 0.6 is 0 Å². The fourth-order valence-electron chi connectivity index (χ4n) is 1.07. The summed E-state index contributed by atoms with van der Waals surface area (Å²) in [6, 6.07) is -0.484. The molecule has 0 spiro atoms. The summed E-state index contributed by atoms with van der Waals surface area (Å²) in [5.74, 6) is -0.0702. The molecule has 6 heteroatoms. The Balaban J connectivity index is 2.57. The number of nitrogens with two attached hydrogens (primary N) is 1. The van der Waals surface area contributed by atoms with Crippen molar-refractivity contribution in [1.82, 2.24) is 0 Å². The average Bonchev–Trinajstić information content (AvgIpc) is 2.25. The molecule has 0 aliphatic carbocycles. The molecule has 0 aromatic heterocycles. The van der Waals surface area contributed by atoms with Crippen LogP contribution in [-0.4, -0.2) is 38.3 Å². The maximum absolute atomic E-state index is 11.1. The quantitative estimate of drug-likeness (QED) is 0.499. The molecule has 0 aromatic rings. The molecule has 0 radical (unpaired) electrons. The van der Waals surface area contributed by atoms with Crippen molar-refractivity contribution in [3.63, 3.8) is 0 Å². The first kappa shape index (κ1) is 10.5. The molecule has 0 saturated carbocycles. The molecule has 13 heavy (non-hydrogen) atoms. The Labute approximate surface area is 77.9 Å². The molecule has 0 aromatic carbocycles. The number of hydrogen-bond acceptors (Lipinski definition) is 5. The molecular weight excluding hydrogens is 192 g/mol. The number of hydrogen-bond donors (Lipinski definition) is 1. The molecule has 0 amide bonds. The van der Waals surface area contributed by atoms with E-state index in [-0.39, 0.29) is 11.5 Å². The Morgan fingerprint density at radius 1 is 1.69 bits per heavy atom. The Morgan fingerprint density at radius 2 is 2.38 bits per heavy atom. The van der Waals surface area contributed by atoms with Gasteiger partial charge in [-0.15, -0.1) is 0 Å². The van der Waals surface area contributed by atoms with E-state index < -0.39 is 15.9 Å². The minimum atomic E-state index is -3.02. The van der Waals surface area contributed by atoms with Gasteiger partial charge in [-0.3, -0.25) is 0 Å². The molecule has 2 N–H and O–H groups in total. The highest BCUT2D eigenvalue weighted by atomic mass is 32.2. The van der Waals surface area contributed by atoms with Crippen LogP contribution < -0.4 is 5.73 Å². The second-order valence-corrected chi connectivity index (χ2v) is 5.19. The first-order valence-corrected chi connectivity index (χ1v) is 6.02. The summed E-state index contributed by atoms with van der Waals surface area (Å²) in [5, 5.41) is 3.70. The van der Waals surface area contributed by atoms with Crippen molar-refractivity contribution in [3.8, 4) is 0 Å². The van der Waals surface area contributed by atoms with Crippen molar-refractivity contribution < 1.29 is 13.3 Å². The van der Waals surface area contributed by atoms with Gasteiger partial charge in [0.05, 0.1) is 23.3 Å². The molecule has 5 nitrogen and oxygen atoms in total. The molecule has 76 valence electrons. The fourth-order valence-corrected chi connectivity index (χ4v) is 2.65. The predicted octanol–water partition coefficient (Wildman–Crippen LogP) is -0.475. The fraction of sp³-hybridized carbons (Fsp3) is 0.857. The number of oxime groups is 1. The largest absolute Gasteiger partial charge is 0.396 e. The third-order valence-corrected chi connectivity index (χ3v) is 3.31. The first-order chi connectivity index (χ1) is 6.05. The van der Waals surface area contributed by atoms with Crippen molar-refractivity contribution in [3.05, 3.63) is 0 Å². The maximum atomic E-state index is 11.1. The van der Waals surface area contributed by atoms with E-state index in [1.165, 1.54) is 0 Å². The van der Waals surface area contributed by atoms with E-state index in [0.29, 0.717) is 12.3 Å². The van der Waals surface area contributed by atoms with Crippen LogP contribution in [0.4, 0.5) is 0 Å². The van der Waals surface area contributed by atoms with Gasteiger partial charge in [0, 0.05) is 0 Å². The van der Waals surface area contributed by atoms with Gasteiger partial charge in [-0.2, -0.15) is 0 Å². The van der Waals surface area contributed by atoms with Crippen LogP contribution in [0.1, 0.15) is 13.3 Å². The molecule has 1 saturated heterocycles. The van der Waals surface area contributed by atoms with Crippen LogP contribution in [-0.2, 0) is 14.7 Å². The van der Waals surface area contributed by atoms with E-state index in [1.807, 2.05) is 6.92 Å². The first-order valence-electron chi connectivity index (χ1n) is 4.20. The van der Waals surface area contributed by atoms with E-state index in [2.05, 4.69) is 5.16 Å². The SMILES string of the molecule is CCCON=C1CS(=O)(=O)CC1N. The van der Waals surface area contributed by atoms with E-state index in [9.17, 15) is 8.42 Å². The number of sulfone groups is 1. The van der Waals surface area contributed by atoms with Gasteiger partial charge < -0.3 is 10.6 Å². The van der Waals surface area contributed by atoms with Gasteiger partial charge in [-0.05, 0) is 6.42 Å². The molecule has 1 unspecified atom stereocenters. The van der Waals surface area contributed by atoms with E-state index in [1.54, 1.807) is 0 Å². The molecule has 1 aliphatic rings. The number of rotatable bonds is 3. The van der Waals surface area contributed by atoms with Crippen LogP contribution in [0, 0.1) is 0 Å². The van der Waals surface area contributed by atoms with Crippen molar-refractivity contribution >= 4 is 15.5 Å². The summed E-state index contributed by atoms with van der Waals surface area (Å²) in [5.41, 5.74) is 5.99. The summed E-state index contributed by atoms with van der Waals surface area (Å²) in [6.45, 7) is 2.45. The average molecular weight is 206 g/mol. The predicted molar refractivity (Wildman–Crippen MR) is 50.3 cm³/mol. The Bertz CT molecular complexity index is 297. The third kappa shape index (κ3) is 2.96. The smallest absolute Gasteiger partial charge is 0.157 e. The summed E-state index contributed by atoms with van der Waals surface area (Å²) < 4.78 is 22.1. The van der Waals surface area contributed by atoms with E-state index >= 15 is 0 Å². The molecule has 1 heterocycles. The molecule has 1 rings (SSSR count). The number of nitrogens with zero attached hydrogens (tertiary/aromatic N) is 1. The summed E-state index contributed by atoms with van der Waals surface area (Å²) in [4.78, 5) is 4.87. The Kier molecular flexibility index (Phi) is 3.27. The molecule has 0 bridgehead atoms. The minimum absolute atomic E-state index is 0.0126. The summed E-state index contributed by atoms with van der Waals surface area (Å²) in [6.07, 6.45) is 0.846. The van der Waals surface area contributed by atoms with Gasteiger partial charge in [0.25, 0.3) is 0 Å². The lowest BCUT2D eigenvalue weighted by Crippen LogP contribution is -2.28. The zero-order valence-electron chi connectivity index (χ0n) is 7.56. The van der Waals surface area contributed by atoms with Gasteiger partial charge in [-0.1, -0.05) is 12.1 Å².